The molecular weight excluding hydrogens is 248 g/mol. The maximum absolute atomic E-state index is 12.5. The van der Waals surface area contributed by atoms with Crippen molar-refractivity contribution in [1.29, 1.82) is 0 Å². The maximum atomic E-state index is 12.5. The van der Waals surface area contributed by atoms with Crippen LogP contribution in [-0.4, -0.2) is 9.55 Å². The van der Waals surface area contributed by atoms with Crippen molar-refractivity contribution in [3.8, 4) is 0 Å². The third kappa shape index (κ3) is 1.90. The van der Waals surface area contributed by atoms with Gasteiger partial charge in [-0.1, -0.05) is 32.0 Å². The highest BCUT2D eigenvalue weighted by Gasteiger charge is 2.12. The summed E-state index contributed by atoms with van der Waals surface area (Å²) in [6.45, 7) is 4.37. The minimum absolute atomic E-state index is 0.0248. The van der Waals surface area contributed by atoms with Crippen LogP contribution in [0, 0.1) is 5.92 Å². The highest BCUT2D eigenvalue weighted by molar-refractivity contribution is 6.07. The predicted octanol–water partition coefficient (Wildman–Crippen LogP) is 3.29. The van der Waals surface area contributed by atoms with Gasteiger partial charge in [0.2, 0.25) is 0 Å². The van der Waals surface area contributed by atoms with Gasteiger partial charge in [-0.2, -0.15) is 0 Å². The summed E-state index contributed by atoms with van der Waals surface area (Å²) in [6, 6.07) is 8.07. The van der Waals surface area contributed by atoms with E-state index >= 15 is 0 Å². The van der Waals surface area contributed by atoms with Crippen LogP contribution >= 0.6 is 0 Å². The zero-order valence-corrected chi connectivity index (χ0v) is 12.1. The molecule has 0 radical (unpaired) electrons. The van der Waals surface area contributed by atoms with Crippen LogP contribution in [0.1, 0.15) is 19.4 Å². The van der Waals surface area contributed by atoms with Crippen LogP contribution in [0.2, 0.25) is 0 Å². The van der Waals surface area contributed by atoms with Crippen LogP contribution in [0.3, 0.4) is 0 Å². The van der Waals surface area contributed by atoms with E-state index < -0.39 is 0 Å². The molecule has 0 aliphatic rings. The Bertz CT molecular complexity index is 847. The SMILES string of the molecule is CC(C)Cc1cncc2c(=O)n(C)c3ccccc3c12. The number of rotatable bonds is 2. The fraction of sp³-hybridized carbons (Fsp3) is 0.294. The van der Waals surface area contributed by atoms with E-state index in [1.165, 1.54) is 0 Å². The largest absolute Gasteiger partial charge is 0.311 e. The van der Waals surface area contributed by atoms with Crippen LogP contribution in [-0.2, 0) is 13.5 Å². The molecule has 0 bridgehead atoms. The average Bonchev–Trinajstić information content (AvgIpc) is 2.44. The second-order valence-corrected chi connectivity index (χ2v) is 5.70. The summed E-state index contributed by atoms with van der Waals surface area (Å²) in [7, 11) is 1.82. The van der Waals surface area contributed by atoms with Gasteiger partial charge in [-0.25, -0.2) is 0 Å². The fourth-order valence-corrected chi connectivity index (χ4v) is 2.85. The molecule has 0 fully saturated rings. The lowest BCUT2D eigenvalue weighted by Gasteiger charge is -2.13. The molecule has 0 N–H and O–H groups in total. The third-order valence-electron chi connectivity index (χ3n) is 3.72. The van der Waals surface area contributed by atoms with E-state index in [-0.39, 0.29) is 5.56 Å². The van der Waals surface area contributed by atoms with Gasteiger partial charge in [-0.3, -0.25) is 9.78 Å². The molecule has 0 saturated heterocycles. The van der Waals surface area contributed by atoms with Gasteiger partial charge in [0.05, 0.1) is 10.9 Å². The Labute approximate surface area is 117 Å². The lowest BCUT2D eigenvalue weighted by Crippen LogP contribution is -2.18. The van der Waals surface area contributed by atoms with Crippen LogP contribution in [0.5, 0.6) is 0 Å². The first kappa shape index (κ1) is 12.9. The van der Waals surface area contributed by atoms with Gasteiger partial charge in [0.1, 0.15) is 0 Å². The van der Waals surface area contributed by atoms with E-state index in [2.05, 4.69) is 24.9 Å². The predicted molar refractivity (Wildman–Crippen MR) is 83.0 cm³/mol. The molecule has 20 heavy (non-hydrogen) atoms. The maximum Gasteiger partial charge on any atom is 0.260 e. The molecule has 3 nitrogen and oxygen atoms in total. The van der Waals surface area contributed by atoms with Gasteiger partial charge in [-0.15, -0.1) is 0 Å². The van der Waals surface area contributed by atoms with Gasteiger partial charge in [0, 0.05) is 30.2 Å². The minimum Gasteiger partial charge on any atom is -0.311 e. The molecule has 0 atom stereocenters. The minimum atomic E-state index is 0.0248. The molecular formula is C17H18N2O. The van der Waals surface area contributed by atoms with Crippen molar-refractivity contribution >= 4 is 21.7 Å². The van der Waals surface area contributed by atoms with Crippen LogP contribution in [0.15, 0.2) is 41.5 Å². The Morgan fingerprint density at radius 3 is 2.65 bits per heavy atom. The summed E-state index contributed by atoms with van der Waals surface area (Å²) < 4.78 is 1.71. The standard InChI is InChI=1S/C17H18N2O/c1-11(2)8-12-9-18-10-14-16(12)13-6-4-5-7-15(13)19(3)17(14)20/h4-7,9-11H,8H2,1-3H3. The van der Waals surface area contributed by atoms with Crippen LogP contribution < -0.4 is 5.56 Å². The molecule has 0 aliphatic heterocycles. The Kier molecular flexibility index (Phi) is 3.05. The Morgan fingerprint density at radius 1 is 1.15 bits per heavy atom. The molecule has 2 aromatic heterocycles. The number of aromatic nitrogens is 2. The van der Waals surface area contributed by atoms with Crippen molar-refractivity contribution in [2.45, 2.75) is 20.3 Å². The van der Waals surface area contributed by atoms with Gasteiger partial charge in [-0.05, 0) is 24.0 Å². The van der Waals surface area contributed by atoms with E-state index in [1.54, 1.807) is 10.8 Å². The lowest BCUT2D eigenvalue weighted by atomic mass is 9.97. The lowest BCUT2D eigenvalue weighted by molar-refractivity contribution is 0.649. The second-order valence-electron chi connectivity index (χ2n) is 5.70. The average molecular weight is 266 g/mol. The monoisotopic (exact) mass is 266 g/mol. The van der Waals surface area contributed by atoms with E-state index in [9.17, 15) is 4.79 Å². The van der Waals surface area contributed by atoms with Crippen LogP contribution in [0.4, 0.5) is 0 Å². The number of pyridine rings is 2. The molecule has 2 heterocycles. The first-order chi connectivity index (χ1) is 9.59. The molecule has 0 unspecified atom stereocenters. The summed E-state index contributed by atoms with van der Waals surface area (Å²) in [5.41, 5.74) is 2.16. The molecule has 3 rings (SSSR count). The highest BCUT2D eigenvalue weighted by Crippen LogP contribution is 2.26. The van der Waals surface area contributed by atoms with E-state index in [0.29, 0.717) is 11.3 Å². The number of nitrogens with zero attached hydrogens (tertiary/aromatic N) is 2. The molecule has 1 aromatic carbocycles. The van der Waals surface area contributed by atoms with Crippen LogP contribution in [0.25, 0.3) is 21.7 Å². The molecule has 3 aromatic rings. The third-order valence-corrected chi connectivity index (χ3v) is 3.72. The number of para-hydroxylation sites is 1. The topological polar surface area (TPSA) is 34.9 Å². The Morgan fingerprint density at radius 2 is 1.90 bits per heavy atom. The molecule has 0 amide bonds. The molecule has 0 spiro atoms. The van der Waals surface area contributed by atoms with Gasteiger partial charge < -0.3 is 4.57 Å². The van der Waals surface area contributed by atoms with E-state index in [4.69, 9.17) is 0 Å². The summed E-state index contributed by atoms with van der Waals surface area (Å²) >= 11 is 0. The van der Waals surface area contributed by atoms with Gasteiger partial charge in [0.25, 0.3) is 5.56 Å². The number of aryl methyl sites for hydroxylation is 1. The number of benzene rings is 1. The molecule has 0 aliphatic carbocycles. The first-order valence-electron chi connectivity index (χ1n) is 6.94. The summed E-state index contributed by atoms with van der Waals surface area (Å²) in [5.74, 6) is 0.533. The van der Waals surface area contributed by atoms with Gasteiger partial charge in [0.15, 0.2) is 0 Å². The molecule has 3 heteroatoms. The van der Waals surface area contributed by atoms with Crippen molar-refractivity contribution in [3.05, 3.63) is 52.6 Å². The number of fused-ring (bicyclic) bond motifs is 3. The fourth-order valence-electron chi connectivity index (χ4n) is 2.85. The van der Waals surface area contributed by atoms with Gasteiger partial charge >= 0.3 is 0 Å². The first-order valence-corrected chi connectivity index (χ1v) is 6.94. The number of hydrogen-bond acceptors (Lipinski definition) is 2. The quantitative estimate of drug-likeness (QED) is 0.667. The Balaban J connectivity index is 2.54. The van der Waals surface area contributed by atoms with Crippen molar-refractivity contribution < 1.29 is 0 Å². The van der Waals surface area contributed by atoms with Crippen molar-refractivity contribution in [2.24, 2.45) is 13.0 Å². The zero-order chi connectivity index (χ0) is 14.3. The van der Waals surface area contributed by atoms with Crippen molar-refractivity contribution in [1.82, 2.24) is 9.55 Å². The summed E-state index contributed by atoms with van der Waals surface area (Å²) in [5, 5.41) is 2.90. The smallest absolute Gasteiger partial charge is 0.260 e. The molecule has 0 saturated carbocycles. The normalized spacial score (nSPS) is 11.6. The summed E-state index contributed by atoms with van der Waals surface area (Å²) in [4.78, 5) is 16.8. The van der Waals surface area contributed by atoms with Crippen molar-refractivity contribution in [3.63, 3.8) is 0 Å². The number of hydrogen-bond donors (Lipinski definition) is 0. The Hall–Kier alpha value is -2.16. The second kappa shape index (κ2) is 4.75. The zero-order valence-electron chi connectivity index (χ0n) is 12.1. The van der Waals surface area contributed by atoms with Crippen molar-refractivity contribution in [2.75, 3.05) is 0 Å². The van der Waals surface area contributed by atoms with E-state index in [1.807, 2.05) is 31.4 Å². The highest BCUT2D eigenvalue weighted by atomic mass is 16.1. The molecule has 102 valence electrons. The van der Waals surface area contributed by atoms with E-state index in [0.717, 1.165) is 28.3 Å². The summed E-state index contributed by atoms with van der Waals surface area (Å²) in [6.07, 6.45) is 4.52.